The first-order chi connectivity index (χ1) is 16.1. The van der Waals surface area contributed by atoms with Gasteiger partial charge in [0.15, 0.2) is 0 Å². The Labute approximate surface area is 206 Å². The van der Waals surface area contributed by atoms with Crippen LogP contribution in [0.15, 0.2) is 58.5 Å². The van der Waals surface area contributed by atoms with Crippen molar-refractivity contribution < 1.29 is 14.6 Å². The number of unbranched alkanes of at least 4 members (excludes halogenated alkanes) is 2. The fourth-order valence-corrected chi connectivity index (χ4v) is 6.23. The van der Waals surface area contributed by atoms with Gasteiger partial charge in [-0.15, -0.1) is 23.5 Å². The molecule has 33 heavy (non-hydrogen) atoms. The second kappa shape index (κ2) is 12.4. The summed E-state index contributed by atoms with van der Waals surface area (Å²) in [5.74, 6) is 2.12. The van der Waals surface area contributed by atoms with Crippen LogP contribution in [0, 0.1) is 5.41 Å². The maximum atomic E-state index is 10.7. The zero-order valence-corrected chi connectivity index (χ0v) is 21.5. The van der Waals surface area contributed by atoms with Crippen LogP contribution in [0.4, 0.5) is 11.4 Å². The van der Waals surface area contributed by atoms with E-state index >= 15 is 0 Å². The van der Waals surface area contributed by atoms with E-state index in [0.717, 1.165) is 34.9 Å². The molecule has 3 rings (SSSR count). The summed E-state index contributed by atoms with van der Waals surface area (Å²) in [6, 6.07) is 11.9. The minimum absolute atomic E-state index is 0.214. The van der Waals surface area contributed by atoms with Crippen LogP contribution in [0.5, 0.6) is 11.5 Å². The van der Waals surface area contributed by atoms with Crippen LogP contribution in [0.2, 0.25) is 0 Å². The standard InChI is InChI=1S/C27H35NO3S2/c1-4-6-13-27(14-7-5-2)19-28(21-9-11-22(30)12-10-21)23-17-26(32-3)24(31-16-8-15-29)18-25(23)33-20-27/h8-12,15-18,30H,4-7,13-14,19-20H2,1-3H3/b16-8+. The molecule has 0 spiro atoms. The SMILES string of the molecule is CCCCC1(CCCC)CSc2cc(O/C=C/C=O)c(SC)cc2N(c2ccc(O)cc2)C1. The Morgan fingerprint density at radius 1 is 1.15 bits per heavy atom. The molecule has 2 aromatic carbocycles. The monoisotopic (exact) mass is 485 g/mol. The van der Waals surface area contributed by atoms with Crippen molar-refractivity contribution in [1.82, 2.24) is 0 Å². The van der Waals surface area contributed by atoms with Gasteiger partial charge in [0.1, 0.15) is 17.8 Å². The van der Waals surface area contributed by atoms with E-state index in [1.165, 1.54) is 61.4 Å². The number of carbonyl (C=O) groups is 1. The second-order valence-electron chi connectivity index (χ2n) is 8.65. The van der Waals surface area contributed by atoms with Gasteiger partial charge in [-0.25, -0.2) is 0 Å². The number of rotatable bonds is 11. The second-order valence-corrected chi connectivity index (χ2v) is 10.5. The van der Waals surface area contributed by atoms with Gasteiger partial charge < -0.3 is 14.7 Å². The average molecular weight is 486 g/mol. The zero-order valence-electron chi connectivity index (χ0n) is 19.9. The highest BCUT2D eigenvalue weighted by atomic mass is 32.2. The van der Waals surface area contributed by atoms with Crippen molar-refractivity contribution in [2.45, 2.75) is 62.2 Å². The third-order valence-corrected chi connectivity index (χ3v) is 8.35. The number of carbonyl (C=O) groups excluding carboxylic acids is 1. The van der Waals surface area contributed by atoms with Crippen molar-refractivity contribution in [1.29, 1.82) is 0 Å². The number of aromatic hydroxyl groups is 1. The fraction of sp³-hybridized carbons (Fsp3) is 0.444. The molecule has 1 aliphatic rings. The Morgan fingerprint density at radius 2 is 1.85 bits per heavy atom. The molecule has 0 aromatic heterocycles. The van der Waals surface area contributed by atoms with Crippen LogP contribution in [0.25, 0.3) is 0 Å². The van der Waals surface area contributed by atoms with E-state index in [4.69, 9.17) is 4.74 Å². The molecule has 0 amide bonds. The van der Waals surface area contributed by atoms with Crippen LogP contribution in [0.3, 0.4) is 0 Å². The highest BCUT2D eigenvalue weighted by molar-refractivity contribution is 7.99. The number of hydrogen-bond acceptors (Lipinski definition) is 6. The number of aldehydes is 1. The molecule has 4 nitrogen and oxygen atoms in total. The quantitative estimate of drug-likeness (QED) is 0.152. The lowest BCUT2D eigenvalue weighted by Gasteiger charge is -2.37. The number of allylic oxidation sites excluding steroid dienone is 1. The molecule has 0 bridgehead atoms. The number of phenols is 1. The molecular weight excluding hydrogens is 450 g/mol. The van der Waals surface area contributed by atoms with E-state index in [2.05, 4.69) is 30.9 Å². The number of benzene rings is 2. The average Bonchev–Trinajstić information content (AvgIpc) is 2.99. The van der Waals surface area contributed by atoms with Gasteiger partial charge in [0.25, 0.3) is 0 Å². The van der Waals surface area contributed by atoms with Gasteiger partial charge in [-0.3, -0.25) is 4.79 Å². The van der Waals surface area contributed by atoms with Crippen LogP contribution in [0.1, 0.15) is 52.4 Å². The summed E-state index contributed by atoms with van der Waals surface area (Å²) < 4.78 is 5.82. The third-order valence-electron chi connectivity index (χ3n) is 6.20. The maximum Gasteiger partial charge on any atom is 0.145 e. The molecule has 1 heterocycles. The van der Waals surface area contributed by atoms with E-state index in [1.54, 1.807) is 23.9 Å². The summed E-state index contributed by atoms with van der Waals surface area (Å²) >= 11 is 3.55. The smallest absolute Gasteiger partial charge is 0.145 e. The Balaban J connectivity index is 2.10. The zero-order chi connectivity index (χ0) is 23.7. The van der Waals surface area contributed by atoms with Crippen LogP contribution in [-0.2, 0) is 4.79 Å². The summed E-state index contributed by atoms with van der Waals surface area (Å²) in [7, 11) is 0. The molecule has 2 aromatic rings. The number of phenolic OH excluding ortho intramolecular Hbond substituents is 1. The molecule has 0 fully saturated rings. The largest absolute Gasteiger partial charge is 0.508 e. The molecule has 1 N–H and O–H groups in total. The van der Waals surface area contributed by atoms with Gasteiger partial charge in [-0.2, -0.15) is 0 Å². The Hall–Kier alpha value is -2.05. The van der Waals surface area contributed by atoms with E-state index in [0.29, 0.717) is 0 Å². The van der Waals surface area contributed by atoms with Gasteiger partial charge in [0.05, 0.1) is 16.8 Å². The number of anilines is 2. The van der Waals surface area contributed by atoms with E-state index in [-0.39, 0.29) is 11.2 Å². The first-order valence-corrected chi connectivity index (χ1v) is 13.9. The Bertz CT molecular complexity index is 935. The first-order valence-electron chi connectivity index (χ1n) is 11.7. The lowest BCUT2D eigenvalue weighted by Crippen LogP contribution is -2.36. The molecule has 0 saturated carbocycles. The van der Waals surface area contributed by atoms with E-state index in [1.807, 2.05) is 30.2 Å². The molecule has 6 heteroatoms. The summed E-state index contributed by atoms with van der Waals surface area (Å²) in [5, 5.41) is 9.89. The Morgan fingerprint density at radius 3 is 2.45 bits per heavy atom. The number of fused-ring (bicyclic) bond motifs is 1. The Kier molecular flexibility index (Phi) is 9.63. The summed E-state index contributed by atoms with van der Waals surface area (Å²) in [5.41, 5.74) is 2.48. The molecule has 0 aliphatic carbocycles. The predicted octanol–water partition coefficient (Wildman–Crippen LogP) is 7.82. The highest BCUT2D eigenvalue weighted by Gasteiger charge is 2.36. The molecule has 0 radical (unpaired) electrons. The normalized spacial score (nSPS) is 15.3. The van der Waals surface area contributed by atoms with Gasteiger partial charge in [-0.1, -0.05) is 39.5 Å². The van der Waals surface area contributed by atoms with Crippen molar-refractivity contribution >= 4 is 41.2 Å². The van der Waals surface area contributed by atoms with E-state index < -0.39 is 0 Å². The van der Waals surface area contributed by atoms with Crippen molar-refractivity contribution in [3.8, 4) is 11.5 Å². The molecule has 0 atom stereocenters. The van der Waals surface area contributed by atoms with E-state index in [9.17, 15) is 9.90 Å². The van der Waals surface area contributed by atoms with Crippen LogP contribution in [-0.4, -0.2) is 29.9 Å². The summed E-state index contributed by atoms with van der Waals surface area (Å²) in [4.78, 5) is 15.3. The maximum absolute atomic E-state index is 10.7. The molecule has 0 saturated heterocycles. The molecule has 178 valence electrons. The van der Waals surface area contributed by atoms with Gasteiger partial charge in [0.2, 0.25) is 0 Å². The lowest BCUT2D eigenvalue weighted by molar-refractivity contribution is -0.104. The third kappa shape index (κ3) is 6.51. The van der Waals surface area contributed by atoms with Gasteiger partial charge >= 0.3 is 0 Å². The van der Waals surface area contributed by atoms with Gasteiger partial charge in [0, 0.05) is 29.0 Å². The lowest BCUT2D eigenvalue weighted by atomic mass is 9.79. The molecule has 0 unspecified atom stereocenters. The predicted molar refractivity (Wildman–Crippen MR) is 141 cm³/mol. The van der Waals surface area contributed by atoms with Crippen molar-refractivity contribution in [3.63, 3.8) is 0 Å². The minimum atomic E-state index is 0.214. The highest BCUT2D eigenvalue weighted by Crippen LogP contribution is 2.50. The molecular formula is C27H35NO3S2. The van der Waals surface area contributed by atoms with Gasteiger partial charge in [-0.05, 0) is 60.9 Å². The number of ether oxygens (including phenoxy) is 1. The first kappa shape index (κ1) is 25.6. The fourth-order valence-electron chi connectivity index (χ4n) is 4.34. The van der Waals surface area contributed by atoms with Crippen molar-refractivity contribution in [2.75, 3.05) is 23.5 Å². The minimum Gasteiger partial charge on any atom is -0.508 e. The van der Waals surface area contributed by atoms with Crippen LogP contribution < -0.4 is 9.64 Å². The topological polar surface area (TPSA) is 49.8 Å². The van der Waals surface area contributed by atoms with Crippen molar-refractivity contribution in [2.24, 2.45) is 5.41 Å². The molecule has 1 aliphatic heterocycles. The van der Waals surface area contributed by atoms with Crippen LogP contribution >= 0.6 is 23.5 Å². The summed E-state index contributed by atoms with van der Waals surface area (Å²) in [6.07, 6.45) is 12.8. The number of nitrogens with zero attached hydrogens (tertiary/aromatic N) is 1. The van der Waals surface area contributed by atoms with Crippen molar-refractivity contribution in [3.05, 3.63) is 48.7 Å². The number of hydrogen-bond donors (Lipinski definition) is 1. The summed E-state index contributed by atoms with van der Waals surface area (Å²) in [6.45, 7) is 5.49. The number of thioether (sulfide) groups is 2.